The zero-order chi connectivity index (χ0) is 20.9. The number of aldehydes is 1. The summed E-state index contributed by atoms with van der Waals surface area (Å²) in [5, 5.41) is 0. The van der Waals surface area contributed by atoms with Gasteiger partial charge in [0.15, 0.2) is 6.29 Å². The molecule has 2 N–H and O–H groups in total. The Morgan fingerprint density at radius 1 is 1.03 bits per heavy atom. The summed E-state index contributed by atoms with van der Waals surface area (Å²) in [6, 6.07) is 21.3. The Morgan fingerprint density at radius 2 is 1.83 bits per heavy atom. The van der Waals surface area contributed by atoms with Gasteiger partial charge >= 0.3 is 0 Å². The highest BCUT2D eigenvalue weighted by Gasteiger charge is 2.12. The monoisotopic (exact) mass is 465 g/mol. The molecule has 0 fully saturated rings. The van der Waals surface area contributed by atoms with Gasteiger partial charge in [-0.25, -0.2) is 4.98 Å². The van der Waals surface area contributed by atoms with Gasteiger partial charge in [0.05, 0.1) is 17.6 Å². The fourth-order valence-electron chi connectivity index (χ4n) is 3.21. The van der Waals surface area contributed by atoms with Crippen LogP contribution in [0.4, 0.5) is 5.95 Å². The van der Waals surface area contributed by atoms with E-state index in [4.69, 9.17) is 15.2 Å². The molecule has 4 aromatic rings. The Morgan fingerprint density at radius 3 is 2.63 bits per heavy atom. The Bertz CT molecular complexity index is 1170. The first-order valence-corrected chi connectivity index (χ1v) is 10.2. The van der Waals surface area contributed by atoms with Crippen LogP contribution in [0.15, 0.2) is 71.2 Å². The van der Waals surface area contributed by atoms with Gasteiger partial charge in [0.25, 0.3) is 0 Å². The maximum absolute atomic E-state index is 10.4. The molecule has 0 bridgehead atoms. The molecule has 1 aromatic heterocycles. The molecule has 0 amide bonds. The van der Waals surface area contributed by atoms with Crippen LogP contribution in [-0.2, 0) is 17.9 Å². The summed E-state index contributed by atoms with van der Waals surface area (Å²) in [6.45, 7) is 1.02. The van der Waals surface area contributed by atoms with Gasteiger partial charge in [-0.3, -0.25) is 4.79 Å². The number of imidazole rings is 1. The number of para-hydroxylation sites is 1. The number of fused-ring (bicyclic) bond motifs is 1. The van der Waals surface area contributed by atoms with Crippen LogP contribution >= 0.6 is 15.9 Å². The minimum absolute atomic E-state index is 0.0479. The number of hydrogen-bond acceptors (Lipinski definition) is 5. The second kappa shape index (κ2) is 9.00. The highest BCUT2D eigenvalue weighted by molar-refractivity contribution is 9.10. The van der Waals surface area contributed by atoms with Crippen LogP contribution in [0, 0.1) is 0 Å². The van der Waals surface area contributed by atoms with Crippen LogP contribution in [0.3, 0.4) is 0 Å². The lowest BCUT2D eigenvalue weighted by molar-refractivity contribution is -0.109. The maximum atomic E-state index is 10.4. The number of nitrogens with zero attached hydrogens (tertiary/aromatic N) is 2. The molecule has 0 aliphatic rings. The molecule has 3 aromatic carbocycles. The lowest BCUT2D eigenvalue weighted by atomic mass is 10.2. The zero-order valence-electron chi connectivity index (χ0n) is 16.1. The summed E-state index contributed by atoms with van der Waals surface area (Å²) in [5.41, 5.74) is 10.0. The van der Waals surface area contributed by atoms with Crippen molar-refractivity contribution < 1.29 is 14.3 Å². The molecular formula is C23H20BrN3O3. The van der Waals surface area contributed by atoms with Gasteiger partial charge in [0, 0.05) is 10.0 Å². The van der Waals surface area contributed by atoms with E-state index in [2.05, 4.69) is 20.9 Å². The van der Waals surface area contributed by atoms with E-state index in [0.717, 1.165) is 38.7 Å². The van der Waals surface area contributed by atoms with Crippen molar-refractivity contribution in [3.05, 3.63) is 82.3 Å². The average molecular weight is 466 g/mol. The molecule has 0 spiro atoms. The largest absolute Gasteiger partial charge is 0.489 e. The summed E-state index contributed by atoms with van der Waals surface area (Å²) in [6.07, 6.45) is 0.725. The van der Waals surface area contributed by atoms with Gasteiger partial charge < -0.3 is 19.8 Å². The molecule has 0 saturated heterocycles. The highest BCUT2D eigenvalue weighted by atomic mass is 79.9. The van der Waals surface area contributed by atoms with E-state index in [1.165, 1.54) is 0 Å². The Balaban J connectivity index is 1.51. The van der Waals surface area contributed by atoms with Crippen LogP contribution in [0.2, 0.25) is 0 Å². The summed E-state index contributed by atoms with van der Waals surface area (Å²) in [7, 11) is 0. The Hall–Kier alpha value is -3.32. The van der Waals surface area contributed by atoms with E-state index in [1.54, 1.807) is 0 Å². The number of carbonyl (C=O) groups is 1. The molecule has 0 aliphatic carbocycles. The number of rotatable bonds is 8. The molecule has 1 heterocycles. The summed E-state index contributed by atoms with van der Waals surface area (Å²) >= 11 is 3.47. The van der Waals surface area contributed by atoms with Gasteiger partial charge in [0.1, 0.15) is 24.7 Å². The molecule has 0 saturated carbocycles. The molecule has 0 radical (unpaired) electrons. The van der Waals surface area contributed by atoms with Crippen LogP contribution < -0.4 is 15.2 Å². The Labute approximate surface area is 182 Å². The number of aromatic nitrogens is 2. The third-order valence-electron chi connectivity index (χ3n) is 4.68. The lowest BCUT2D eigenvalue weighted by Gasteiger charge is -2.13. The standard InChI is InChI=1S/C23H20BrN3O3/c24-18-7-10-21-20(13-18)26-23(25)27(21)14-17-3-1-2-4-22(17)30-15-16-5-8-19(9-6-16)29-12-11-28/h1-11,13H,12,14-15H2,(H2,25,26). The van der Waals surface area contributed by atoms with Crippen molar-refractivity contribution >= 4 is 39.2 Å². The van der Waals surface area contributed by atoms with E-state index in [-0.39, 0.29) is 6.61 Å². The number of hydrogen-bond donors (Lipinski definition) is 1. The van der Waals surface area contributed by atoms with Crippen LogP contribution in [0.5, 0.6) is 11.5 Å². The van der Waals surface area contributed by atoms with Crippen molar-refractivity contribution in [2.45, 2.75) is 13.2 Å². The average Bonchev–Trinajstić information content (AvgIpc) is 3.06. The number of halogens is 1. The highest BCUT2D eigenvalue weighted by Crippen LogP contribution is 2.26. The smallest absolute Gasteiger partial charge is 0.201 e. The number of nitrogen functional groups attached to an aromatic ring is 1. The van der Waals surface area contributed by atoms with E-state index in [1.807, 2.05) is 71.3 Å². The predicted octanol–water partition coefficient (Wildman–Crippen LogP) is 4.59. The van der Waals surface area contributed by atoms with E-state index >= 15 is 0 Å². The fraction of sp³-hybridized carbons (Fsp3) is 0.130. The topological polar surface area (TPSA) is 79.4 Å². The minimum atomic E-state index is 0.0479. The first-order chi connectivity index (χ1) is 14.6. The second-order valence-corrected chi connectivity index (χ2v) is 7.62. The number of carbonyl (C=O) groups excluding carboxylic acids is 1. The van der Waals surface area contributed by atoms with Crippen molar-refractivity contribution in [2.75, 3.05) is 12.3 Å². The number of ether oxygens (including phenoxy) is 2. The van der Waals surface area contributed by atoms with Gasteiger partial charge in [-0.2, -0.15) is 0 Å². The molecule has 4 rings (SSSR count). The zero-order valence-corrected chi connectivity index (χ0v) is 17.7. The van der Waals surface area contributed by atoms with E-state index < -0.39 is 0 Å². The SMILES string of the molecule is Nc1nc2cc(Br)ccc2n1Cc1ccccc1OCc1ccc(OCC=O)cc1. The molecule has 152 valence electrons. The van der Waals surface area contributed by atoms with Gasteiger partial charge in [-0.15, -0.1) is 0 Å². The van der Waals surface area contributed by atoms with Crippen molar-refractivity contribution in [1.29, 1.82) is 0 Å². The van der Waals surface area contributed by atoms with Crippen molar-refractivity contribution in [3.8, 4) is 11.5 Å². The fourth-order valence-corrected chi connectivity index (χ4v) is 3.56. The molecule has 0 atom stereocenters. The van der Waals surface area contributed by atoms with E-state index in [9.17, 15) is 4.79 Å². The van der Waals surface area contributed by atoms with Gasteiger partial charge in [0.2, 0.25) is 5.95 Å². The summed E-state index contributed by atoms with van der Waals surface area (Å²) in [4.78, 5) is 14.9. The number of nitrogens with two attached hydrogens (primary N) is 1. The van der Waals surface area contributed by atoms with Crippen molar-refractivity contribution in [1.82, 2.24) is 9.55 Å². The van der Waals surface area contributed by atoms with Gasteiger partial charge in [-0.05, 0) is 42.0 Å². The second-order valence-electron chi connectivity index (χ2n) is 6.71. The summed E-state index contributed by atoms with van der Waals surface area (Å²) < 4.78 is 14.3. The Kier molecular flexibility index (Phi) is 5.99. The normalized spacial score (nSPS) is 10.8. The molecular weight excluding hydrogens is 446 g/mol. The predicted molar refractivity (Wildman–Crippen MR) is 120 cm³/mol. The number of benzene rings is 3. The first-order valence-electron chi connectivity index (χ1n) is 9.41. The van der Waals surface area contributed by atoms with Crippen molar-refractivity contribution in [2.24, 2.45) is 0 Å². The van der Waals surface area contributed by atoms with Crippen LogP contribution in [0.1, 0.15) is 11.1 Å². The molecule has 7 heteroatoms. The van der Waals surface area contributed by atoms with Crippen molar-refractivity contribution in [3.63, 3.8) is 0 Å². The minimum Gasteiger partial charge on any atom is -0.489 e. The molecule has 0 aliphatic heterocycles. The van der Waals surface area contributed by atoms with Gasteiger partial charge in [-0.1, -0.05) is 46.3 Å². The molecule has 0 unspecified atom stereocenters. The first kappa shape index (κ1) is 20.0. The van der Waals surface area contributed by atoms with E-state index in [0.29, 0.717) is 24.8 Å². The lowest BCUT2D eigenvalue weighted by Crippen LogP contribution is -2.06. The quantitative estimate of drug-likeness (QED) is 0.385. The third kappa shape index (κ3) is 4.46. The summed E-state index contributed by atoms with van der Waals surface area (Å²) in [5.74, 6) is 1.90. The third-order valence-corrected chi connectivity index (χ3v) is 5.17. The molecule has 6 nitrogen and oxygen atoms in total. The number of anilines is 1. The van der Waals surface area contributed by atoms with Crippen LogP contribution in [-0.4, -0.2) is 22.4 Å². The molecule has 30 heavy (non-hydrogen) atoms. The van der Waals surface area contributed by atoms with Crippen LogP contribution in [0.25, 0.3) is 11.0 Å². The maximum Gasteiger partial charge on any atom is 0.201 e.